The lowest BCUT2D eigenvalue weighted by atomic mass is 9.85. The van der Waals surface area contributed by atoms with Gasteiger partial charge >= 0.3 is 0 Å². The molecule has 4 atom stereocenters. The highest BCUT2D eigenvalue weighted by Crippen LogP contribution is 2.53. The van der Waals surface area contributed by atoms with E-state index in [0.717, 1.165) is 29.7 Å². The number of hydrogen-bond acceptors (Lipinski definition) is 2. The van der Waals surface area contributed by atoms with Gasteiger partial charge in [-0.3, -0.25) is 9.59 Å². The summed E-state index contributed by atoms with van der Waals surface area (Å²) in [4.78, 5) is 27.3. The molecule has 3 aliphatic rings. The number of amides is 2. The normalized spacial score (nSPS) is 33.1. The van der Waals surface area contributed by atoms with Gasteiger partial charge in [-0.05, 0) is 42.7 Å². The van der Waals surface area contributed by atoms with Crippen molar-refractivity contribution in [3.05, 3.63) is 41.5 Å². The van der Waals surface area contributed by atoms with E-state index in [-0.39, 0.29) is 35.5 Å². The van der Waals surface area contributed by atoms with E-state index < -0.39 is 0 Å². The molecular formula is C18H19NO2. The molecule has 1 aromatic carbocycles. The van der Waals surface area contributed by atoms with Crippen LogP contribution in [0, 0.1) is 30.6 Å². The molecule has 4 rings (SSSR count). The average Bonchev–Trinajstić information content (AvgIpc) is 3.14. The van der Waals surface area contributed by atoms with Gasteiger partial charge in [0.2, 0.25) is 11.8 Å². The highest BCUT2D eigenvalue weighted by atomic mass is 16.2. The SMILES string of the molecule is CCc1cccc(C)c1N1C(=O)C2C3C=CC(C3)C2C1=O. The van der Waals surface area contributed by atoms with Gasteiger partial charge in [-0.25, -0.2) is 4.90 Å². The number of hydrogen-bond donors (Lipinski definition) is 0. The van der Waals surface area contributed by atoms with Crippen molar-refractivity contribution < 1.29 is 9.59 Å². The van der Waals surface area contributed by atoms with Crippen LogP contribution in [-0.4, -0.2) is 11.8 Å². The summed E-state index contributed by atoms with van der Waals surface area (Å²) in [5.41, 5.74) is 2.93. The third-order valence-corrected chi connectivity index (χ3v) is 5.40. The van der Waals surface area contributed by atoms with E-state index in [4.69, 9.17) is 0 Å². The van der Waals surface area contributed by atoms with E-state index in [1.807, 2.05) is 25.1 Å². The number of benzene rings is 1. The zero-order valence-corrected chi connectivity index (χ0v) is 12.4. The van der Waals surface area contributed by atoms with Crippen LogP contribution in [0.3, 0.4) is 0 Å². The molecule has 0 radical (unpaired) electrons. The summed E-state index contributed by atoms with van der Waals surface area (Å²) in [5.74, 6) is 0.358. The fraction of sp³-hybridized carbons (Fsp3) is 0.444. The Morgan fingerprint density at radius 1 is 1.10 bits per heavy atom. The number of fused-ring (bicyclic) bond motifs is 5. The van der Waals surface area contributed by atoms with Crippen molar-refractivity contribution in [1.29, 1.82) is 0 Å². The molecule has 1 aromatic rings. The van der Waals surface area contributed by atoms with Gasteiger partial charge < -0.3 is 0 Å². The zero-order chi connectivity index (χ0) is 14.7. The third-order valence-electron chi connectivity index (χ3n) is 5.40. The number of nitrogens with zero attached hydrogens (tertiary/aromatic N) is 1. The summed E-state index contributed by atoms with van der Waals surface area (Å²) in [7, 11) is 0. The van der Waals surface area contributed by atoms with E-state index in [2.05, 4.69) is 19.1 Å². The summed E-state index contributed by atoms with van der Waals surface area (Å²) in [5, 5.41) is 0. The Kier molecular flexibility index (Phi) is 2.62. The Bertz CT molecular complexity index is 646. The second-order valence-electron chi connectivity index (χ2n) is 6.45. The van der Waals surface area contributed by atoms with Crippen LogP contribution in [-0.2, 0) is 16.0 Å². The predicted molar refractivity (Wildman–Crippen MR) is 80.8 cm³/mol. The van der Waals surface area contributed by atoms with Crippen LogP contribution in [0.4, 0.5) is 5.69 Å². The van der Waals surface area contributed by atoms with E-state index in [9.17, 15) is 9.59 Å². The van der Waals surface area contributed by atoms with E-state index in [0.29, 0.717) is 0 Å². The first-order valence-electron chi connectivity index (χ1n) is 7.78. The van der Waals surface area contributed by atoms with Gasteiger partial charge in [0.25, 0.3) is 0 Å². The number of anilines is 1. The fourth-order valence-corrected chi connectivity index (χ4v) is 4.45. The summed E-state index contributed by atoms with van der Waals surface area (Å²) < 4.78 is 0. The first-order valence-corrected chi connectivity index (χ1v) is 7.78. The molecule has 3 heteroatoms. The maximum absolute atomic E-state index is 12.9. The van der Waals surface area contributed by atoms with Crippen molar-refractivity contribution in [2.45, 2.75) is 26.7 Å². The van der Waals surface area contributed by atoms with Gasteiger partial charge in [0, 0.05) is 0 Å². The van der Waals surface area contributed by atoms with Crippen LogP contribution in [0.5, 0.6) is 0 Å². The Balaban J connectivity index is 1.82. The zero-order valence-electron chi connectivity index (χ0n) is 12.4. The highest BCUT2D eigenvalue weighted by molar-refractivity contribution is 6.23. The van der Waals surface area contributed by atoms with Gasteiger partial charge in [0.15, 0.2) is 0 Å². The smallest absolute Gasteiger partial charge is 0.238 e. The molecule has 2 fully saturated rings. The molecule has 1 saturated heterocycles. The quantitative estimate of drug-likeness (QED) is 0.617. The third kappa shape index (κ3) is 1.55. The Hall–Kier alpha value is -1.90. The van der Waals surface area contributed by atoms with Crippen molar-refractivity contribution >= 4 is 17.5 Å². The van der Waals surface area contributed by atoms with Gasteiger partial charge in [-0.2, -0.15) is 0 Å². The summed E-state index contributed by atoms with van der Waals surface area (Å²) in [6.45, 7) is 4.05. The maximum Gasteiger partial charge on any atom is 0.238 e. The number of aryl methyl sites for hydroxylation is 2. The van der Waals surface area contributed by atoms with Crippen molar-refractivity contribution in [2.75, 3.05) is 4.90 Å². The van der Waals surface area contributed by atoms with Crippen molar-refractivity contribution in [1.82, 2.24) is 0 Å². The van der Waals surface area contributed by atoms with Gasteiger partial charge in [-0.15, -0.1) is 0 Å². The summed E-state index contributed by atoms with van der Waals surface area (Å²) in [6, 6.07) is 5.99. The lowest BCUT2D eigenvalue weighted by Crippen LogP contribution is -2.34. The number of carbonyl (C=O) groups is 2. The fourth-order valence-electron chi connectivity index (χ4n) is 4.45. The summed E-state index contributed by atoms with van der Waals surface area (Å²) >= 11 is 0. The van der Waals surface area contributed by atoms with Gasteiger partial charge in [0.05, 0.1) is 17.5 Å². The maximum atomic E-state index is 12.9. The molecule has 1 aliphatic heterocycles. The molecular weight excluding hydrogens is 262 g/mol. The average molecular weight is 281 g/mol. The first kappa shape index (κ1) is 12.8. The van der Waals surface area contributed by atoms with E-state index in [1.165, 1.54) is 4.90 Å². The molecule has 2 bridgehead atoms. The molecule has 4 unspecified atom stereocenters. The Morgan fingerprint density at radius 2 is 1.71 bits per heavy atom. The lowest BCUT2D eigenvalue weighted by molar-refractivity contribution is -0.123. The number of para-hydroxylation sites is 1. The van der Waals surface area contributed by atoms with Crippen molar-refractivity contribution in [2.24, 2.45) is 23.7 Å². The highest BCUT2D eigenvalue weighted by Gasteiger charge is 2.59. The minimum Gasteiger partial charge on any atom is -0.274 e. The van der Waals surface area contributed by atoms with Gasteiger partial charge in [-0.1, -0.05) is 37.3 Å². The topological polar surface area (TPSA) is 37.4 Å². The molecule has 3 nitrogen and oxygen atoms in total. The van der Waals surface area contributed by atoms with Crippen LogP contribution in [0.1, 0.15) is 24.5 Å². The summed E-state index contributed by atoms with van der Waals surface area (Å²) in [6.07, 6.45) is 6.09. The van der Waals surface area contributed by atoms with Crippen LogP contribution >= 0.6 is 0 Å². The first-order chi connectivity index (χ1) is 10.1. The van der Waals surface area contributed by atoms with Crippen molar-refractivity contribution in [3.8, 4) is 0 Å². The van der Waals surface area contributed by atoms with Crippen LogP contribution in [0.25, 0.3) is 0 Å². The second kappa shape index (κ2) is 4.30. The molecule has 1 heterocycles. The number of carbonyl (C=O) groups excluding carboxylic acids is 2. The molecule has 108 valence electrons. The van der Waals surface area contributed by atoms with E-state index >= 15 is 0 Å². The standard InChI is InChI=1S/C18H19NO2/c1-3-11-6-4-5-10(2)16(11)19-17(20)14-12-7-8-13(9-12)15(14)18(19)21/h4-8,12-15H,3,9H2,1-2H3. The minimum atomic E-state index is -0.114. The van der Waals surface area contributed by atoms with E-state index in [1.54, 1.807) is 0 Å². The molecule has 0 spiro atoms. The molecule has 2 amide bonds. The molecule has 0 aromatic heterocycles. The van der Waals surface area contributed by atoms with Crippen LogP contribution in [0.2, 0.25) is 0 Å². The molecule has 1 saturated carbocycles. The molecule has 21 heavy (non-hydrogen) atoms. The predicted octanol–water partition coefficient (Wildman–Crippen LogP) is 2.87. The largest absolute Gasteiger partial charge is 0.274 e. The number of imide groups is 1. The molecule has 2 aliphatic carbocycles. The lowest BCUT2D eigenvalue weighted by Gasteiger charge is -2.22. The van der Waals surface area contributed by atoms with Crippen LogP contribution < -0.4 is 4.90 Å². The van der Waals surface area contributed by atoms with Crippen LogP contribution in [0.15, 0.2) is 30.4 Å². The number of allylic oxidation sites excluding steroid dienone is 2. The monoisotopic (exact) mass is 281 g/mol. The Morgan fingerprint density at radius 3 is 2.29 bits per heavy atom. The number of rotatable bonds is 2. The second-order valence-corrected chi connectivity index (χ2v) is 6.45. The molecule has 0 N–H and O–H groups in total. The van der Waals surface area contributed by atoms with Gasteiger partial charge in [0.1, 0.15) is 0 Å². The van der Waals surface area contributed by atoms with Crippen molar-refractivity contribution in [3.63, 3.8) is 0 Å². The minimum absolute atomic E-state index is 0.0193. The Labute approximate surface area is 124 Å².